The van der Waals surface area contributed by atoms with Crippen molar-refractivity contribution in [2.75, 3.05) is 0 Å². The zero-order valence-corrected chi connectivity index (χ0v) is 22.3. The molecule has 0 bridgehead atoms. The van der Waals surface area contributed by atoms with Gasteiger partial charge in [-0.1, -0.05) is 139 Å². The lowest BCUT2D eigenvalue weighted by Gasteiger charge is -2.18. The molecule has 0 saturated carbocycles. The molecule has 9 rings (SSSR count). The third-order valence-corrected chi connectivity index (χ3v) is 7.84. The minimum absolute atomic E-state index is 0.00925. The van der Waals surface area contributed by atoms with Crippen LogP contribution in [0.15, 0.2) is 162 Å². The summed E-state index contributed by atoms with van der Waals surface area (Å²) < 4.78 is 127. The molecule has 8 aromatic carbocycles. The summed E-state index contributed by atoms with van der Waals surface area (Å²) in [6.45, 7) is 0. The highest BCUT2D eigenvalue weighted by Gasteiger charge is 2.20. The van der Waals surface area contributed by atoms with Crippen LogP contribution < -0.4 is 0 Å². The molecule has 0 saturated heterocycles. The Hall–Kier alpha value is -5.66. The van der Waals surface area contributed by atoms with Gasteiger partial charge in [0.1, 0.15) is 11.2 Å². The van der Waals surface area contributed by atoms with E-state index in [-0.39, 0.29) is 68.0 Å². The molecule has 0 aliphatic heterocycles. The normalized spacial score (nSPS) is 16.3. The van der Waals surface area contributed by atoms with Crippen molar-refractivity contribution in [3.63, 3.8) is 0 Å². The van der Waals surface area contributed by atoms with Crippen LogP contribution in [-0.4, -0.2) is 0 Å². The van der Waals surface area contributed by atoms with Gasteiger partial charge in [-0.15, -0.1) is 0 Å². The lowest BCUT2D eigenvalue weighted by molar-refractivity contribution is 0.669. The third kappa shape index (κ3) is 3.72. The van der Waals surface area contributed by atoms with Crippen molar-refractivity contribution < 1.29 is 23.6 Å². The topological polar surface area (TPSA) is 13.1 Å². The molecule has 0 amide bonds. The van der Waals surface area contributed by atoms with Crippen molar-refractivity contribution >= 4 is 54.3 Å². The standard InChI is InChI=1S/C42H26O/c1-2-11-27(12-3-1)28-21-23-29(24-22-28)40-32-15-6-8-17-34(32)41(35-18-9-7-16-33(35)40)36-19-10-20-38-42(36)37-25-30-13-4-5-14-31(30)26-39(37)43-38/h1-26H/i1D,2D,3D,4D,5D,10D,11D,12D,13D,14D,19D,20D,25D,26D. The Bertz CT molecular complexity index is 3190. The molecule has 9 aromatic rings. The lowest BCUT2D eigenvalue weighted by atomic mass is 9.84. The van der Waals surface area contributed by atoms with Gasteiger partial charge in [0.05, 0.1) is 19.2 Å². The molecule has 0 aliphatic rings. The first kappa shape index (κ1) is 14.0. The van der Waals surface area contributed by atoms with Gasteiger partial charge in [-0.05, 0) is 83.8 Å². The van der Waals surface area contributed by atoms with Crippen LogP contribution in [0.4, 0.5) is 0 Å². The predicted molar refractivity (Wildman–Crippen MR) is 183 cm³/mol. The van der Waals surface area contributed by atoms with E-state index in [0.29, 0.717) is 21.9 Å². The van der Waals surface area contributed by atoms with Crippen LogP contribution in [0, 0.1) is 0 Å². The molecule has 0 atom stereocenters. The molecular weight excluding hydrogens is 520 g/mol. The first-order valence-electron chi connectivity index (χ1n) is 20.6. The molecule has 0 N–H and O–H groups in total. The SMILES string of the molecule is [2H]c1c([2H])c([2H])c(-c2ccc(-c3c4ccccc4c(-c4c([2H])c([2H])c([2H])c5oc6c([2H])c7c([2H])c([2H])c([2H])c([2H])c7c([2H])c6c45)c4ccccc34)cc2)c([2H])c1[2H]. The fraction of sp³-hybridized carbons (Fsp3) is 0. The van der Waals surface area contributed by atoms with Crippen LogP contribution in [-0.2, 0) is 0 Å². The maximum atomic E-state index is 9.40. The van der Waals surface area contributed by atoms with E-state index in [1.54, 1.807) is 12.1 Å². The molecule has 200 valence electrons. The zero-order chi connectivity index (χ0) is 40.5. The van der Waals surface area contributed by atoms with Crippen molar-refractivity contribution in [1.82, 2.24) is 0 Å². The van der Waals surface area contributed by atoms with Gasteiger partial charge in [-0.2, -0.15) is 0 Å². The largest absolute Gasteiger partial charge is 0.456 e. The van der Waals surface area contributed by atoms with Gasteiger partial charge < -0.3 is 4.42 Å². The van der Waals surface area contributed by atoms with Crippen LogP contribution >= 0.6 is 0 Å². The average molecular weight is 561 g/mol. The monoisotopic (exact) mass is 560 g/mol. The van der Waals surface area contributed by atoms with Crippen LogP contribution in [0.25, 0.3) is 87.6 Å². The van der Waals surface area contributed by atoms with E-state index in [4.69, 9.17) is 20.9 Å². The molecule has 1 aromatic heterocycles. The van der Waals surface area contributed by atoms with E-state index in [1.807, 2.05) is 60.7 Å². The van der Waals surface area contributed by atoms with Crippen molar-refractivity contribution in [1.29, 1.82) is 0 Å². The van der Waals surface area contributed by atoms with Gasteiger partial charge in [0, 0.05) is 10.8 Å². The molecule has 1 heteroatoms. The number of rotatable bonds is 3. The summed E-state index contributed by atoms with van der Waals surface area (Å²) in [6.07, 6.45) is 0. The van der Waals surface area contributed by atoms with E-state index in [1.165, 1.54) is 0 Å². The quantitative estimate of drug-likeness (QED) is 0.196. The van der Waals surface area contributed by atoms with Crippen molar-refractivity contribution in [3.05, 3.63) is 157 Å². The van der Waals surface area contributed by atoms with Gasteiger partial charge >= 0.3 is 0 Å². The second kappa shape index (κ2) is 9.44. The van der Waals surface area contributed by atoms with Gasteiger partial charge in [0.15, 0.2) is 0 Å². The van der Waals surface area contributed by atoms with Crippen LogP contribution in [0.1, 0.15) is 19.2 Å². The Labute approximate surface area is 268 Å². The number of furan rings is 1. The molecule has 1 nitrogen and oxygen atoms in total. The molecule has 43 heavy (non-hydrogen) atoms. The number of hydrogen-bond donors (Lipinski definition) is 0. The van der Waals surface area contributed by atoms with Crippen LogP contribution in [0.5, 0.6) is 0 Å². The minimum Gasteiger partial charge on any atom is -0.456 e. The van der Waals surface area contributed by atoms with Crippen LogP contribution in [0.2, 0.25) is 0 Å². The highest BCUT2D eigenvalue weighted by molar-refractivity contribution is 6.26. The van der Waals surface area contributed by atoms with E-state index >= 15 is 0 Å². The maximum absolute atomic E-state index is 9.40. The van der Waals surface area contributed by atoms with E-state index in [2.05, 4.69) is 0 Å². The number of benzene rings is 8. The summed E-state index contributed by atoms with van der Waals surface area (Å²) in [5, 5.41) is 2.44. The number of hydrogen-bond acceptors (Lipinski definition) is 1. The second-order valence-electron chi connectivity index (χ2n) is 10.2. The summed E-state index contributed by atoms with van der Waals surface area (Å²) in [5.74, 6) is 0. The summed E-state index contributed by atoms with van der Waals surface area (Å²) in [6, 6.07) is 15.8. The minimum atomic E-state index is -0.572. The molecule has 0 spiro atoms. The smallest absolute Gasteiger partial charge is 0.136 e. The Balaban J connectivity index is 1.40. The third-order valence-electron chi connectivity index (χ3n) is 7.84. The van der Waals surface area contributed by atoms with Gasteiger partial charge in [0.2, 0.25) is 0 Å². The first-order valence-corrected chi connectivity index (χ1v) is 13.6. The first-order chi connectivity index (χ1) is 27.2. The second-order valence-corrected chi connectivity index (χ2v) is 10.2. The summed E-state index contributed by atoms with van der Waals surface area (Å²) in [4.78, 5) is 0. The highest BCUT2D eigenvalue weighted by atomic mass is 16.3. The van der Waals surface area contributed by atoms with Crippen molar-refractivity contribution in [3.8, 4) is 33.4 Å². The molecular formula is C42H26O. The molecule has 0 radical (unpaired) electrons. The van der Waals surface area contributed by atoms with Gasteiger partial charge in [-0.3, -0.25) is 0 Å². The number of fused-ring (bicyclic) bond motifs is 6. The zero-order valence-electron chi connectivity index (χ0n) is 36.3. The molecule has 0 fully saturated rings. The Morgan fingerprint density at radius 2 is 1.00 bits per heavy atom. The summed E-state index contributed by atoms with van der Waals surface area (Å²) >= 11 is 0. The van der Waals surface area contributed by atoms with E-state index in [0.717, 1.165) is 21.9 Å². The average Bonchev–Trinajstić information content (AvgIpc) is 3.62. The fourth-order valence-electron chi connectivity index (χ4n) is 6.01. The Kier molecular flexibility index (Phi) is 3.07. The molecule has 0 unspecified atom stereocenters. The van der Waals surface area contributed by atoms with E-state index in [9.17, 15) is 2.74 Å². The van der Waals surface area contributed by atoms with E-state index < -0.39 is 60.4 Å². The lowest BCUT2D eigenvalue weighted by Crippen LogP contribution is -1.91. The van der Waals surface area contributed by atoms with Crippen molar-refractivity contribution in [2.45, 2.75) is 0 Å². The van der Waals surface area contributed by atoms with Crippen LogP contribution in [0.3, 0.4) is 0 Å². The van der Waals surface area contributed by atoms with Gasteiger partial charge in [-0.25, -0.2) is 0 Å². The fourth-order valence-corrected chi connectivity index (χ4v) is 6.01. The Morgan fingerprint density at radius 1 is 0.419 bits per heavy atom. The molecule has 1 heterocycles. The predicted octanol–water partition coefficient (Wildman–Crippen LogP) is 12.0. The highest BCUT2D eigenvalue weighted by Crippen LogP contribution is 2.47. The molecule has 0 aliphatic carbocycles. The Morgan fingerprint density at radius 3 is 1.67 bits per heavy atom. The maximum Gasteiger partial charge on any atom is 0.136 e. The summed E-state index contributed by atoms with van der Waals surface area (Å²) in [5.41, 5.74) is 2.34. The van der Waals surface area contributed by atoms with Crippen molar-refractivity contribution in [2.24, 2.45) is 0 Å². The summed E-state index contributed by atoms with van der Waals surface area (Å²) in [7, 11) is 0. The van der Waals surface area contributed by atoms with Gasteiger partial charge in [0.25, 0.3) is 0 Å².